The van der Waals surface area contributed by atoms with Crippen molar-refractivity contribution in [3.05, 3.63) is 65.7 Å². The standard InChI is InChI=1S/C30H42N2O3/c1-31-20-19-29(25-14-10-15-27(21-25)35-3)22-26(17-18-30(29,34)23-31)32(2)28(33)16-9-5-8-13-24-11-6-4-7-12-24/h4,6-7,10-12,14-15,21,26,34H,5,8-9,13,16-20,22-23H2,1-3H3/t26-,29+,30+/m1/s1. The summed E-state index contributed by atoms with van der Waals surface area (Å²) in [6, 6.07) is 18.9. The molecule has 4 rings (SSSR count). The van der Waals surface area contributed by atoms with Gasteiger partial charge in [-0.05, 0) is 81.8 Å². The molecule has 35 heavy (non-hydrogen) atoms. The highest BCUT2D eigenvalue weighted by molar-refractivity contribution is 5.76. The number of β-amino-alcohol motifs (C(OH)–C–C–N with tert-alkyl or cyclic N) is 1. The lowest BCUT2D eigenvalue weighted by atomic mass is 9.55. The fourth-order valence-electron chi connectivity index (χ4n) is 6.40. The van der Waals surface area contributed by atoms with E-state index in [-0.39, 0.29) is 17.4 Å². The van der Waals surface area contributed by atoms with Crippen molar-refractivity contribution < 1.29 is 14.6 Å². The first-order valence-electron chi connectivity index (χ1n) is 13.2. The van der Waals surface area contributed by atoms with Crippen LogP contribution in [0.4, 0.5) is 0 Å². The maximum Gasteiger partial charge on any atom is 0.222 e. The predicted molar refractivity (Wildman–Crippen MR) is 141 cm³/mol. The van der Waals surface area contributed by atoms with E-state index in [9.17, 15) is 9.90 Å². The van der Waals surface area contributed by atoms with Crippen LogP contribution in [0.3, 0.4) is 0 Å². The molecule has 2 aromatic rings. The molecular formula is C30H42N2O3. The van der Waals surface area contributed by atoms with E-state index in [1.54, 1.807) is 7.11 Å². The van der Waals surface area contributed by atoms with Crippen LogP contribution in [0.25, 0.3) is 0 Å². The summed E-state index contributed by atoms with van der Waals surface area (Å²) in [7, 11) is 5.75. The number of rotatable bonds is 9. The van der Waals surface area contributed by atoms with E-state index in [0.29, 0.717) is 19.4 Å². The summed E-state index contributed by atoms with van der Waals surface area (Å²) in [5.41, 5.74) is 1.33. The quantitative estimate of drug-likeness (QED) is 0.526. The van der Waals surface area contributed by atoms with Crippen LogP contribution < -0.4 is 4.74 Å². The summed E-state index contributed by atoms with van der Waals surface area (Å²) in [5, 5.41) is 12.0. The molecule has 1 aliphatic carbocycles. The molecule has 190 valence electrons. The van der Waals surface area contributed by atoms with E-state index < -0.39 is 5.60 Å². The maximum absolute atomic E-state index is 13.1. The van der Waals surface area contributed by atoms with E-state index >= 15 is 0 Å². The number of amides is 1. The summed E-state index contributed by atoms with van der Waals surface area (Å²) in [6.07, 6.45) is 8.00. The van der Waals surface area contributed by atoms with Crippen LogP contribution in [0.15, 0.2) is 54.6 Å². The lowest BCUT2D eigenvalue weighted by Gasteiger charge is -2.58. The van der Waals surface area contributed by atoms with E-state index in [2.05, 4.69) is 48.3 Å². The maximum atomic E-state index is 13.1. The number of unbranched alkanes of at least 4 members (excludes halogenated alkanes) is 2. The topological polar surface area (TPSA) is 53.0 Å². The molecule has 0 spiro atoms. The second kappa shape index (κ2) is 11.1. The fourth-order valence-corrected chi connectivity index (χ4v) is 6.40. The third-order valence-electron chi connectivity index (χ3n) is 8.58. The van der Waals surface area contributed by atoms with E-state index in [1.807, 2.05) is 30.1 Å². The second-order valence-corrected chi connectivity index (χ2v) is 10.8. The number of methoxy groups -OCH3 is 1. The van der Waals surface area contributed by atoms with Gasteiger partial charge in [-0.1, -0.05) is 48.9 Å². The molecule has 0 bridgehead atoms. The minimum Gasteiger partial charge on any atom is -0.497 e. The van der Waals surface area contributed by atoms with E-state index in [1.165, 1.54) is 5.56 Å². The molecule has 1 amide bonds. The number of aliphatic hydroxyl groups is 1. The number of likely N-dealkylation sites (tertiary alicyclic amines) is 1. The lowest BCUT2D eigenvalue weighted by molar-refractivity contribution is -0.146. The van der Waals surface area contributed by atoms with Crippen molar-refractivity contribution in [1.82, 2.24) is 9.80 Å². The SMILES string of the molecule is COc1cccc([C@@]23CCN(C)C[C@@]2(O)CC[C@@H](N(C)C(=O)CCCCCc2ccccc2)C3)c1. The minimum atomic E-state index is -0.801. The largest absolute Gasteiger partial charge is 0.497 e. The van der Waals surface area contributed by atoms with Gasteiger partial charge in [0.2, 0.25) is 5.91 Å². The highest BCUT2D eigenvalue weighted by Gasteiger charge is 2.57. The molecule has 1 heterocycles. The van der Waals surface area contributed by atoms with Gasteiger partial charge < -0.3 is 19.6 Å². The van der Waals surface area contributed by atoms with Gasteiger partial charge in [-0.25, -0.2) is 0 Å². The van der Waals surface area contributed by atoms with Gasteiger partial charge in [0.05, 0.1) is 12.7 Å². The summed E-state index contributed by atoms with van der Waals surface area (Å²) >= 11 is 0. The van der Waals surface area contributed by atoms with Gasteiger partial charge in [-0.2, -0.15) is 0 Å². The minimum absolute atomic E-state index is 0.140. The number of hydrogen-bond donors (Lipinski definition) is 1. The first kappa shape index (κ1) is 25.7. The Kier molecular flexibility index (Phi) is 8.18. The van der Waals surface area contributed by atoms with Gasteiger partial charge in [-0.3, -0.25) is 4.79 Å². The van der Waals surface area contributed by atoms with Crippen LogP contribution in [0.1, 0.15) is 62.5 Å². The van der Waals surface area contributed by atoms with E-state index in [0.717, 1.165) is 62.8 Å². The number of fused-ring (bicyclic) bond motifs is 1. The molecule has 5 heteroatoms. The summed E-state index contributed by atoms with van der Waals surface area (Å²) in [4.78, 5) is 17.4. The van der Waals surface area contributed by atoms with Crippen LogP contribution in [0, 0.1) is 0 Å². The zero-order chi connectivity index (χ0) is 24.9. The average molecular weight is 479 g/mol. The second-order valence-electron chi connectivity index (χ2n) is 10.8. The molecular weight excluding hydrogens is 436 g/mol. The first-order chi connectivity index (χ1) is 16.9. The van der Waals surface area contributed by atoms with Crippen molar-refractivity contribution >= 4 is 5.91 Å². The Morgan fingerprint density at radius 3 is 2.69 bits per heavy atom. The Hall–Kier alpha value is -2.37. The van der Waals surface area contributed by atoms with Crippen molar-refractivity contribution in [2.24, 2.45) is 0 Å². The van der Waals surface area contributed by atoms with E-state index in [4.69, 9.17) is 4.74 Å². The van der Waals surface area contributed by atoms with Crippen molar-refractivity contribution in [2.45, 2.75) is 74.8 Å². The molecule has 1 N–H and O–H groups in total. The monoisotopic (exact) mass is 478 g/mol. The number of piperidine rings is 1. The number of ether oxygens (including phenoxy) is 1. The number of likely N-dealkylation sites (N-methyl/N-ethyl adjacent to an activating group) is 1. The molecule has 1 saturated heterocycles. The van der Waals surface area contributed by atoms with Gasteiger partial charge in [0.1, 0.15) is 5.75 Å². The van der Waals surface area contributed by atoms with Crippen LogP contribution in [0.2, 0.25) is 0 Å². The van der Waals surface area contributed by atoms with Gasteiger partial charge in [-0.15, -0.1) is 0 Å². The number of carbonyl (C=O) groups excluding carboxylic acids is 1. The number of hydrogen-bond acceptors (Lipinski definition) is 4. The molecule has 3 atom stereocenters. The first-order valence-corrected chi connectivity index (χ1v) is 13.2. The average Bonchev–Trinajstić information content (AvgIpc) is 2.88. The summed E-state index contributed by atoms with van der Waals surface area (Å²) in [5.74, 6) is 1.05. The Morgan fingerprint density at radius 2 is 1.91 bits per heavy atom. The number of benzene rings is 2. The third kappa shape index (κ3) is 5.57. The van der Waals surface area contributed by atoms with Crippen molar-refractivity contribution in [3.8, 4) is 5.75 Å². The van der Waals surface area contributed by atoms with Crippen molar-refractivity contribution in [1.29, 1.82) is 0 Å². The smallest absolute Gasteiger partial charge is 0.222 e. The van der Waals surface area contributed by atoms with Gasteiger partial charge >= 0.3 is 0 Å². The lowest BCUT2D eigenvalue weighted by Crippen LogP contribution is -2.66. The molecule has 1 aliphatic heterocycles. The van der Waals surface area contributed by atoms with Gasteiger partial charge in [0, 0.05) is 31.5 Å². The summed E-state index contributed by atoms with van der Waals surface area (Å²) < 4.78 is 5.52. The van der Waals surface area contributed by atoms with Crippen molar-refractivity contribution in [3.63, 3.8) is 0 Å². The number of nitrogens with zero attached hydrogens (tertiary/aromatic N) is 2. The highest BCUT2D eigenvalue weighted by atomic mass is 16.5. The van der Waals surface area contributed by atoms with Crippen LogP contribution in [-0.2, 0) is 16.6 Å². The molecule has 1 saturated carbocycles. The Balaban J connectivity index is 1.40. The predicted octanol–water partition coefficient (Wildman–Crippen LogP) is 4.81. The molecule has 2 aromatic carbocycles. The third-order valence-corrected chi connectivity index (χ3v) is 8.58. The zero-order valence-electron chi connectivity index (χ0n) is 21.7. The van der Waals surface area contributed by atoms with Gasteiger partial charge in [0.15, 0.2) is 0 Å². The molecule has 2 fully saturated rings. The Bertz CT molecular complexity index is 981. The van der Waals surface area contributed by atoms with Crippen LogP contribution in [-0.4, -0.2) is 66.8 Å². The number of carbonyl (C=O) groups is 1. The Labute approximate surface area is 211 Å². The molecule has 0 radical (unpaired) electrons. The molecule has 2 aliphatic rings. The van der Waals surface area contributed by atoms with Crippen LogP contribution >= 0.6 is 0 Å². The molecule has 0 aromatic heterocycles. The number of aryl methyl sites for hydroxylation is 1. The normalized spacial score (nSPS) is 26.7. The fraction of sp³-hybridized carbons (Fsp3) is 0.567. The molecule has 5 nitrogen and oxygen atoms in total. The van der Waals surface area contributed by atoms with Crippen LogP contribution in [0.5, 0.6) is 5.75 Å². The highest BCUT2D eigenvalue weighted by Crippen LogP contribution is 2.52. The van der Waals surface area contributed by atoms with Crippen molar-refractivity contribution in [2.75, 3.05) is 34.3 Å². The zero-order valence-corrected chi connectivity index (χ0v) is 21.7. The van der Waals surface area contributed by atoms with Gasteiger partial charge in [0.25, 0.3) is 0 Å². The Morgan fingerprint density at radius 1 is 1.11 bits per heavy atom. The molecule has 0 unspecified atom stereocenters. The summed E-state index contributed by atoms with van der Waals surface area (Å²) in [6.45, 7) is 1.60.